The molecule has 7 nitrogen and oxygen atoms in total. The minimum atomic E-state index is -0.362. The van der Waals surface area contributed by atoms with Crippen molar-refractivity contribution in [1.29, 1.82) is 0 Å². The number of anilines is 2. The molecule has 0 atom stereocenters. The number of pyridine rings is 1. The molecular formula is C19H21FN4O3. The SMILES string of the molecule is CCOC(=O)N1CCN(c2ccc(C(=O)Nc3ccc(F)cc3)nc2)CC1. The van der Waals surface area contributed by atoms with Crippen molar-refractivity contribution < 1.29 is 18.7 Å². The fourth-order valence-corrected chi connectivity index (χ4v) is 2.80. The number of carbonyl (C=O) groups is 2. The maximum absolute atomic E-state index is 12.9. The van der Waals surface area contributed by atoms with Crippen LogP contribution in [-0.4, -0.2) is 54.7 Å². The summed E-state index contributed by atoms with van der Waals surface area (Å²) in [5.41, 5.74) is 1.66. The molecule has 2 heterocycles. The Morgan fingerprint density at radius 3 is 2.41 bits per heavy atom. The zero-order valence-corrected chi connectivity index (χ0v) is 15.0. The van der Waals surface area contributed by atoms with E-state index < -0.39 is 0 Å². The third kappa shape index (κ3) is 4.72. The summed E-state index contributed by atoms with van der Waals surface area (Å²) in [6.45, 7) is 4.64. The zero-order valence-electron chi connectivity index (χ0n) is 15.0. The second-order valence-corrected chi connectivity index (χ2v) is 6.04. The summed E-state index contributed by atoms with van der Waals surface area (Å²) in [7, 11) is 0. The van der Waals surface area contributed by atoms with Gasteiger partial charge in [-0.3, -0.25) is 4.79 Å². The number of amides is 2. The van der Waals surface area contributed by atoms with Crippen molar-refractivity contribution >= 4 is 23.4 Å². The molecule has 1 aliphatic heterocycles. The Hall–Kier alpha value is -3.16. The van der Waals surface area contributed by atoms with Crippen LogP contribution in [0, 0.1) is 5.82 Å². The maximum atomic E-state index is 12.9. The minimum Gasteiger partial charge on any atom is -0.450 e. The Labute approximate surface area is 156 Å². The van der Waals surface area contributed by atoms with Gasteiger partial charge in [0.2, 0.25) is 0 Å². The largest absolute Gasteiger partial charge is 0.450 e. The standard InChI is InChI=1S/C19H21FN4O3/c1-2-27-19(26)24-11-9-23(10-12-24)16-7-8-17(21-13-16)18(25)22-15-5-3-14(20)4-6-15/h3-8,13H,2,9-12H2,1H3,(H,22,25). The van der Waals surface area contributed by atoms with E-state index in [-0.39, 0.29) is 23.5 Å². The number of benzene rings is 1. The zero-order chi connectivity index (χ0) is 19.2. The Balaban J connectivity index is 1.56. The second kappa shape index (κ2) is 8.48. The molecule has 1 aromatic carbocycles. The lowest BCUT2D eigenvalue weighted by atomic mass is 10.2. The van der Waals surface area contributed by atoms with E-state index in [0.29, 0.717) is 38.5 Å². The first-order valence-corrected chi connectivity index (χ1v) is 8.76. The smallest absolute Gasteiger partial charge is 0.409 e. The van der Waals surface area contributed by atoms with Gasteiger partial charge in [-0.15, -0.1) is 0 Å². The van der Waals surface area contributed by atoms with Crippen LogP contribution in [0.3, 0.4) is 0 Å². The lowest BCUT2D eigenvalue weighted by molar-refractivity contribution is 0.101. The van der Waals surface area contributed by atoms with Crippen LogP contribution in [0.2, 0.25) is 0 Å². The number of nitrogens with one attached hydrogen (secondary N) is 1. The lowest BCUT2D eigenvalue weighted by Crippen LogP contribution is -2.49. The number of hydrogen-bond donors (Lipinski definition) is 1. The number of rotatable bonds is 4. The van der Waals surface area contributed by atoms with Crippen LogP contribution in [-0.2, 0) is 4.74 Å². The van der Waals surface area contributed by atoms with Crippen molar-refractivity contribution in [2.24, 2.45) is 0 Å². The van der Waals surface area contributed by atoms with Crippen molar-refractivity contribution in [2.45, 2.75) is 6.92 Å². The van der Waals surface area contributed by atoms with Crippen molar-refractivity contribution in [3.05, 3.63) is 54.1 Å². The van der Waals surface area contributed by atoms with Gasteiger partial charge >= 0.3 is 6.09 Å². The van der Waals surface area contributed by atoms with Crippen LogP contribution in [0.1, 0.15) is 17.4 Å². The molecule has 3 rings (SSSR count). The highest BCUT2D eigenvalue weighted by molar-refractivity contribution is 6.02. The molecule has 1 fully saturated rings. The lowest BCUT2D eigenvalue weighted by Gasteiger charge is -2.35. The number of piperazine rings is 1. The van der Waals surface area contributed by atoms with E-state index in [0.717, 1.165) is 5.69 Å². The molecule has 2 aromatic rings. The van der Waals surface area contributed by atoms with Gasteiger partial charge in [-0.25, -0.2) is 14.2 Å². The van der Waals surface area contributed by atoms with Crippen LogP contribution in [0.4, 0.5) is 20.6 Å². The molecule has 1 saturated heterocycles. The van der Waals surface area contributed by atoms with Crippen LogP contribution in [0.15, 0.2) is 42.6 Å². The van der Waals surface area contributed by atoms with Gasteiger partial charge in [-0.1, -0.05) is 0 Å². The summed E-state index contributed by atoms with van der Waals surface area (Å²) in [5, 5.41) is 2.67. The Morgan fingerprint density at radius 1 is 1.11 bits per heavy atom. The minimum absolute atomic E-state index is 0.272. The van der Waals surface area contributed by atoms with Gasteiger partial charge in [0, 0.05) is 31.9 Å². The van der Waals surface area contributed by atoms with E-state index in [1.54, 1.807) is 24.1 Å². The summed E-state index contributed by atoms with van der Waals surface area (Å²) in [6.07, 6.45) is 1.35. The number of hydrogen-bond acceptors (Lipinski definition) is 5. The van der Waals surface area contributed by atoms with Crippen molar-refractivity contribution in [3.63, 3.8) is 0 Å². The number of ether oxygens (including phenoxy) is 1. The topological polar surface area (TPSA) is 74.8 Å². The molecular weight excluding hydrogens is 351 g/mol. The fraction of sp³-hybridized carbons (Fsp3) is 0.316. The average Bonchev–Trinajstić information content (AvgIpc) is 2.70. The van der Waals surface area contributed by atoms with Gasteiger partial charge in [0.15, 0.2) is 0 Å². The maximum Gasteiger partial charge on any atom is 0.409 e. The molecule has 142 valence electrons. The van der Waals surface area contributed by atoms with Crippen molar-refractivity contribution in [3.8, 4) is 0 Å². The van der Waals surface area contributed by atoms with Crippen LogP contribution >= 0.6 is 0 Å². The molecule has 0 aliphatic carbocycles. The number of carbonyl (C=O) groups excluding carboxylic acids is 2. The first kappa shape index (κ1) is 18.6. The summed E-state index contributed by atoms with van der Waals surface area (Å²) in [5.74, 6) is -0.723. The summed E-state index contributed by atoms with van der Waals surface area (Å²) >= 11 is 0. The molecule has 0 bridgehead atoms. The highest BCUT2D eigenvalue weighted by Crippen LogP contribution is 2.17. The van der Waals surface area contributed by atoms with E-state index in [2.05, 4.69) is 15.2 Å². The molecule has 1 aromatic heterocycles. The van der Waals surface area contributed by atoms with Crippen LogP contribution in [0.5, 0.6) is 0 Å². The first-order valence-electron chi connectivity index (χ1n) is 8.76. The number of halogens is 1. The van der Waals surface area contributed by atoms with E-state index in [4.69, 9.17) is 4.74 Å². The fourth-order valence-electron chi connectivity index (χ4n) is 2.80. The molecule has 0 unspecified atom stereocenters. The Kier molecular flexibility index (Phi) is 5.85. The molecule has 0 radical (unpaired) electrons. The third-order valence-electron chi connectivity index (χ3n) is 4.25. The third-order valence-corrected chi connectivity index (χ3v) is 4.25. The highest BCUT2D eigenvalue weighted by Gasteiger charge is 2.22. The van der Waals surface area contributed by atoms with E-state index in [1.807, 2.05) is 6.07 Å². The van der Waals surface area contributed by atoms with E-state index in [9.17, 15) is 14.0 Å². The van der Waals surface area contributed by atoms with Crippen LogP contribution in [0.25, 0.3) is 0 Å². The second-order valence-electron chi connectivity index (χ2n) is 6.04. The Morgan fingerprint density at radius 2 is 1.81 bits per heavy atom. The van der Waals surface area contributed by atoms with Crippen LogP contribution < -0.4 is 10.2 Å². The quantitative estimate of drug-likeness (QED) is 0.893. The summed E-state index contributed by atoms with van der Waals surface area (Å²) in [6, 6.07) is 9.01. The predicted molar refractivity (Wildman–Crippen MR) is 99.4 cm³/mol. The number of aromatic nitrogens is 1. The van der Waals surface area contributed by atoms with Gasteiger partial charge < -0.3 is 19.9 Å². The molecule has 8 heteroatoms. The molecule has 2 amide bonds. The molecule has 0 spiro atoms. The van der Waals surface area contributed by atoms with Crippen molar-refractivity contribution in [1.82, 2.24) is 9.88 Å². The van der Waals surface area contributed by atoms with E-state index in [1.165, 1.54) is 24.3 Å². The average molecular weight is 372 g/mol. The molecule has 1 aliphatic rings. The van der Waals surface area contributed by atoms with Crippen molar-refractivity contribution in [2.75, 3.05) is 43.0 Å². The summed E-state index contributed by atoms with van der Waals surface area (Å²) in [4.78, 5) is 32.0. The normalized spacial score (nSPS) is 14.0. The predicted octanol–water partition coefficient (Wildman–Crippen LogP) is 2.75. The van der Waals surface area contributed by atoms with Gasteiger partial charge in [0.05, 0.1) is 18.5 Å². The molecule has 0 saturated carbocycles. The highest BCUT2D eigenvalue weighted by atomic mass is 19.1. The molecule has 27 heavy (non-hydrogen) atoms. The van der Waals surface area contributed by atoms with Gasteiger partial charge in [0.1, 0.15) is 11.5 Å². The first-order chi connectivity index (χ1) is 13.1. The van der Waals surface area contributed by atoms with Gasteiger partial charge in [-0.05, 0) is 43.3 Å². The monoisotopic (exact) mass is 372 g/mol. The summed E-state index contributed by atoms with van der Waals surface area (Å²) < 4.78 is 17.9. The Bertz CT molecular complexity index is 788. The van der Waals surface area contributed by atoms with E-state index >= 15 is 0 Å². The molecule has 1 N–H and O–H groups in total. The van der Waals surface area contributed by atoms with Gasteiger partial charge in [0.25, 0.3) is 5.91 Å². The van der Waals surface area contributed by atoms with Gasteiger partial charge in [-0.2, -0.15) is 0 Å². The number of nitrogens with zero attached hydrogens (tertiary/aromatic N) is 3.